The number of hydrogen-bond acceptors (Lipinski definition) is 5. The molecule has 0 aromatic heterocycles. The number of anilines is 1. The smallest absolute Gasteiger partial charge is 0.244 e. The summed E-state index contributed by atoms with van der Waals surface area (Å²) in [5, 5.41) is 3.01. The van der Waals surface area contributed by atoms with Crippen LogP contribution in [0.3, 0.4) is 0 Å². The Hall–Kier alpha value is -3.14. The topological polar surface area (TPSA) is 96.0 Å². The Morgan fingerprint density at radius 2 is 1.78 bits per heavy atom. The fourth-order valence-corrected chi connectivity index (χ4v) is 5.20. The van der Waals surface area contributed by atoms with Gasteiger partial charge in [-0.05, 0) is 62.1 Å². The molecule has 2 aromatic rings. The predicted molar refractivity (Wildman–Crippen MR) is 137 cm³/mol. The normalized spacial score (nSPS) is 14.8. The van der Waals surface area contributed by atoms with E-state index in [4.69, 9.17) is 4.74 Å². The molecule has 10 heteroatoms. The van der Waals surface area contributed by atoms with Crippen molar-refractivity contribution in [2.24, 2.45) is 0 Å². The lowest BCUT2D eigenvalue weighted by molar-refractivity contribution is -0.139. The molecule has 8 nitrogen and oxygen atoms in total. The maximum atomic E-state index is 13.6. The lowest BCUT2D eigenvalue weighted by Crippen LogP contribution is -2.52. The number of ether oxygens (including phenoxy) is 1. The first-order valence-corrected chi connectivity index (χ1v) is 13.8. The third-order valence-corrected chi connectivity index (χ3v) is 7.54. The van der Waals surface area contributed by atoms with Crippen molar-refractivity contribution in [3.05, 3.63) is 59.4 Å². The minimum Gasteiger partial charge on any atom is -0.495 e. The minimum absolute atomic E-state index is 0.0148. The molecule has 1 atom stereocenters. The van der Waals surface area contributed by atoms with E-state index < -0.39 is 34.3 Å². The number of carbonyl (C=O) groups excluding carboxylic acids is 2. The molecular formula is C26H34FN3O5S. The molecule has 1 unspecified atom stereocenters. The minimum atomic E-state index is -3.88. The first-order chi connectivity index (χ1) is 17.0. The number of methoxy groups -OCH3 is 1. The van der Waals surface area contributed by atoms with E-state index in [-0.39, 0.29) is 24.2 Å². The van der Waals surface area contributed by atoms with Crippen LogP contribution < -0.4 is 14.4 Å². The van der Waals surface area contributed by atoms with Gasteiger partial charge < -0.3 is 15.0 Å². The van der Waals surface area contributed by atoms with Crippen LogP contribution in [0.25, 0.3) is 0 Å². The van der Waals surface area contributed by atoms with Crippen molar-refractivity contribution in [2.75, 3.05) is 24.2 Å². The zero-order valence-corrected chi connectivity index (χ0v) is 22.0. The van der Waals surface area contributed by atoms with Gasteiger partial charge in [-0.2, -0.15) is 0 Å². The van der Waals surface area contributed by atoms with E-state index in [9.17, 15) is 22.4 Å². The molecule has 1 aliphatic rings. The van der Waals surface area contributed by atoms with Crippen LogP contribution in [0.5, 0.6) is 5.75 Å². The van der Waals surface area contributed by atoms with Crippen molar-refractivity contribution in [3.8, 4) is 5.75 Å². The van der Waals surface area contributed by atoms with Gasteiger partial charge in [0.05, 0.1) is 19.1 Å². The Morgan fingerprint density at radius 1 is 1.14 bits per heavy atom. The van der Waals surface area contributed by atoms with Crippen molar-refractivity contribution < 1.29 is 27.1 Å². The molecule has 1 fully saturated rings. The van der Waals surface area contributed by atoms with Gasteiger partial charge in [-0.3, -0.25) is 13.9 Å². The molecule has 0 bridgehead atoms. The molecule has 36 heavy (non-hydrogen) atoms. The Morgan fingerprint density at radius 3 is 2.36 bits per heavy atom. The lowest BCUT2D eigenvalue weighted by atomic mass is 10.1. The number of hydrogen-bond donors (Lipinski definition) is 1. The summed E-state index contributed by atoms with van der Waals surface area (Å²) in [5.41, 5.74) is 1.64. The van der Waals surface area contributed by atoms with Crippen LogP contribution in [0.2, 0.25) is 0 Å². The lowest BCUT2D eigenvalue weighted by Gasteiger charge is -2.32. The number of rotatable bonds is 10. The number of amides is 2. The van der Waals surface area contributed by atoms with E-state index in [0.29, 0.717) is 11.3 Å². The first kappa shape index (κ1) is 27.4. The zero-order valence-electron chi connectivity index (χ0n) is 21.2. The molecule has 0 heterocycles. The van der Waals surface area contributed by atoms with Crippen molar-refractivity contribution in [2.45, 2.75) is 58.2 Å². The van der Waals surface area contributed by atoms with Gasteiger partial charge in [0.2, 0.25) is 21.8 Å². The summed E-state index contributed by atoms with van der Waals surface area (Å²) >= 11 is 0. The number of benzene rings is 2. The van der Waals surface area contributed by atoms with Gasteiger partial charge >= 0.3 is 0 Å². The fraction of sp³-hybridized carbons (Fsp3) is 0.462. The average Bonchev–Trinajstić information content (AvgIpc) is 3.33. The first-order valence-electron chi connectivity index (χ1n) is 12.0. The van der Waals surface area contributed by atoms with Crippen molar-refractivity contribution >= 4 is 27.5 Å². The monoisotopic (exact) mass is 519 g/mol. The van der Waals surface area contributed by atoms with E-state index in [0.717, 1.165) is 41.8 Å². The van der Waals surface area contributed by atoms with Crippen molar-refractivity contribution in [1.29, 1.82) is 0 Å². The Labute approximate surface area is 212 Å². The predicted octanol–water partition coefficient (Wildman–Crippen LogP) is 3.38. The quantitative estimate of drug-likeness (QED) is 0.519. The highest BCUT2D eigenvalue weighted by Crippen LogP contribution is 2.31. The highest BCUT2D eigenvalue weighted by atomic mass is 32.2. The van der Waals surface area contributed by atoms with Gasteiger partial charge in [0.25, 0.3) is 0 Å². The molecular weight excluding hydrogens is 485 g/mol. The van der Waals surface area contributed by atoms with Gasteiger partial charge in [0, 0.05) is 12.6 Å². The summed E-state index contributed by atoms with van der Waals surface area (Å²) in [4.78, 5) is 28.0. The highest BCUT2D eigenvalue weighted by Gasteiger charge is 2.32. The zero-order chi connectivity index (χ0) is 26.5. The van der Waals surface area contributed by atoms with Crippen LogP contribution in [-0.2, 0) is 26.2 Å². The third-order valence-electron chi connectivity index (χ3n) is 6.42. The highest BCUT2D eigenvalue weighted by molar-refractivity contribution is 7.92. The number of nitrogens with one attached hydrogen (secondary N) is 1. The van der Waals surface area contributed by atoms with E-state index in [1.807, 2.05) is 6.92 Å². The summed E-state index contributed by atoms with van der Waals surface area (Å²) in [5.74, 6) is -0.992. The molecule has 0 saturated heterocycles. The third kappa shape index (κ3) is 6.96. The summed E-state index contributed by atoms with van der Waals surface area (Å²) in [6.07, 6.45) is 4.87. The molecule has 2 aromatic carbocycles. The second-order valence-electron chi connectivity index (χ2n) is 9.26. The summed E-state index contributed by atoms with van der Waals surface area (Å²) < 4.78 is 45.4. The largest absolute Gasteiger partial charge is 0.495 e. The van der Waals surface area contributed by atoms with E-state index in [1.165, 1.54) is 36.3 Å². The van der Waals surface area contributed by atoms with Gasteiger partial charge in [0.15, 0.2) is 0 Å². The molecule has 0 spiro atoms. The number of sulfonamides is 1. The molecule has 196 valence electrons. The second-order valence-corrected chi connectivity index (χ2v) is 11.2. The van der Waals surface area contributed by atoms with Crippen LogP contribution in [0.1, 0.15) is 43.7 Å². The maximum absolute atomic E-state index is 13.6. The van der Waals surface area contributed by atoms with Crippen LogP contribution >= 0.6 is 0 Å². The van der Waals surface area contributed by atoms with Crippen molar-refractivity contribution in [1.82, 2.24) is 10.2 Å². The number of carbonyl (C=O) groups is 2. The number of halogens is 1. The van der Waals surface area contributed by atoms with Crippen LogP contribution in [0.4, 0.5) is 10.1 Å². The summed E-state index contributed by atoms with van der Waals surface area (Å²) in [6.45, 7) is 2.91. The molecule has 3 rings (SSSR count). The molecule has 0 aliphatic heterocycles. The van der Waals surface area contributed by atoms with Gasteiger partial charge in [-0.15, -0.1) is 0 Å². The Kier molecular flexibility index (Phi) is 8.94. The van der Waals surface area contributed by atoms with Crippen LogP contribution in [-0.4, -0.2) is 57.1 Å². The summed E-state index contributed by atoms with van der Waals surface area (Å²) in [6, 6.07) is 9.87. The maximum Gasteiger partial charge on any atom is 0.244 e. The Bertz CT molecular complexity index is 1180. The standard InChI is InChI=1S/C26H34FN3O5S/c1-18-9-14-24(35-3)23(15-18)30(36(4,33)34)17-25(31)29(16-20-10-12-21(27)13-11-20)19(2)26(32)28-22-7-5-6-8-22/h9-15,19,22H,5-8,16-17H2,1-4H3,(H,28,32). The molecule has 1 saturated carbocycles. The SMILES string of the molecule is COc1ccc(C)cc1N(CC(=O)N(Cc1ccc(F)cc1)C(C)C(=O)NC1CCCC1)S(C)(=O)=O. The van der Waals surface area contributed by atoms with E-state index in [1.54, 1.807) is 25.1 Å². The fourth-order valence-electron chi connectivity index (χ4n) is 4.35. The van der Waals surface area contributed by atoms with Crippen LogP contribution in [0.15, 0.2) is 42.5 Å². The van der Waals surface area contributed by atoms with Crippen LogP contribution in [0, 0.1) is 12.7 Å². The van der Waals surface area contributed by atoms with Gasteiger partial charge in [0.1, 0.15) is 24.2 Å². The van der Waals surface area contributed by atoms with Gasteiger partial charge in [-0.1, -0.05) is 31.0 Å². The van der Waals surface area contributed by atoms with Crippen molar-refractivity contribution in [3.63, 3.8) is 0 Å². The molecule has 2 amide bonds. The van der Waals surface area contributed by atoms with Gasteiger partial charge in [-0.25, -0.2) is 12.8 Å². The molecule has 1 N–H and O–H groups in total. The second kappa shape index (κ2) is 11.7. The van der Waals surface area contributed by atoms with E-state index >= 15 is 0 Å². The average molecular weight is 520 g/mol. The van der Waals surface area contributed by atoms with E-state index in [2.05, 4.69) is 5.32 Å². The number of nitrogens with zero attached hydrogens (tertiary/aromatic N) is 2. The molecule has 1 aliphatic carbocycles. The number of aryl methyl sites for hydroxylation is 1. The summed E-state index contributed by atoms with van der Waals surface area (Å²) in [7, 11) is -2.46. The molecule has 0 radical (unpaired) electrons. The Balaban J connectivity index is 1.92.